The van der Waals surface area contributed by atoms with Crippen LogP contribution in [0.5, 0.6) is 0 Å². The van der Waals surface area contributed by atoms with Crippen LogP contribution in [0, 0.1) is 0 Å². The first-order valence-electron chi connectivity index (χ1n) is 8.38. The lowest BCUT2D eigenvalue weighted by Gasteiger charge is -2.30. The van der Waals surface area contributed by atoms with E-state index in [2.05, 4.69) is 32.9 Å². The largest absolute Gasteiger partial charge is 0.399 e. The quantitative estimate of drug-likeness (QED) is 0.701. The van der Waals surface area contributed by atoms with Gasteiger partial charge in [-0.1, -0.05) is 45.7 Å². The highest BCUT2D eigenvalue weighted by molar-refractivity contribution is 7.85. The molecule has 0 saturated carbocycles. The Balaban J connectivity index is 2.24. The predicted octanol–water partition coefficient (Wildman–Crippen LogP) is 5.29. The van der Waals surface area contributed by atoms with Crippen LogP contribution < -0.4 is 5.73 Å². The van der Waals surface area contributed by atoms with Crippen molar-refractivity contribution in [2.45, 2.75) is 61.7 Å². The molecule has 124 valence electrons. The highest BCUT2D eigenvalue weighted by Gasteiger charge is 2.24. The minimum absolute atomic E-state index is 0.213. The lowest BCUT2D eigenvalue weighted by molar-refractivity contribution is 0.392. The van der Waals surface area contributed by atoms with Crippen LogP contribution in [0.1, 0.15) is 52.0 Å². The molecular weight excluding hydrogens is 302 g/mol. The molecular formula is C20H27NOS. The van der Waals surface area contributed by atoms with Gasteiger partial charge in [-0.15, -0.1) is 0 Å². The van der Waals surface area contributed by atoms with E-state index >= 15 is 0 Å². The molecule has 2 N–H and O–H groups in total. The molecule has 0 bridgehead atoms. The molecule has 2 rings (SSSR count). The summed E-state index contributed by atoms with van der Waals surface area (Å²) in [6.07, 6.45) is 4.72. The molecule has 0 amide bonds. The van der Waals surface area contributed by atoms with Crippen LogP contribution in [0.25, 0.3) is 0 Å². The zero-order chi connectivity index (χ0) is 16.9. The van der Waals surface area contributed by atoms with Crippen molar-refractivity contribution in [2.75, 3.05) is 5.73 Å². The van der Waals surface area contributed by atoms with Crippen LogP contribution in [-0.2, 0) is 16.2 Å². The summed E-state index contributed by atoms with van der Waals surface area (Å²) in [5, 5.41) is 0. The highest BCUT2D eigenvalue weighted by atomic mass is 32.2. The molecule has 0 aliphatic carbocycles. The van der Waals surface area contributed by atoms with Crippen molar-refractivity contribution in [2.24, 2.45) is 0 Å². The van der Waals surface area contributed by atoms with Gasteiger partial charge in [0, 0.05) is 15.5 Å². The Hall–Kier alpha value is -1.61. The van der Waals surface area contributed by atoms with Crippen molar-refractivity contribution in [3.05, 3.63) is 54.1 Å². The summed E-state index contributed by atoms with van der Waals surface area (Å²) in [4.78, 5) is 1.63. The monoisotopic (exact) mass is 329 g/mol. The van der Waals surface area contributed by atoms with Gasteiger partial charge in [0.1, 0.15) is 0 Å². The SMILES string of the molecule is CCCC(C)(CCC)c1ccc(S(=O)c2ccc(N)cc2)cc1. The topological polar surface area (TPSA) is 43.1 Å². The third-order valence-corrected chi connectivity index (χ3v) is 5.86. The molecule has 23 heavy (non-hydrogen) atoms. The van der Waals surface area contributed by atoms with Crippen LogP contribution in [0.3, 0.4) is 0 Å². The molecule has 2 nitrogen and oxygen atoms in total. The van der Waals surface area contributed by atoms with Crippen molar-refractivity contribution in [1.82, 2.24) is 0 Å². The first-order valence-corrected chi connectivity index (χ1v) is 9.53. The van der Waals surface area contributed by atoms with E-state index in [1.165, 1.54) is 31.2 Å². The van der Waals surface area contributed by atoms with E-state index in [-0.39, 0.29) is 5.41 Å². The number of rotatable bonds is 7. The van der Waals surface area contributed by atoms with Crippen molar-refractivity contribution in [3.63, 3.8) is 0 Å². The van der Waals surface area contributed by atoms with Crippen LogP contribution in [0.15, 0.2) is 58.3 Å². The molecule has 0 aliphatic heterocycles. The Morgan fingerprint density at radius 2 is 1.30 bits per heavy atom. The van der Waals surface area contributed by atoms with E-state index in [0.29, 0.717) is 5.69 Å². The number of nitrogen functional groups attached to an aromatic ring is 1. The standard InChI is InChI=1S/C20H27NOS/c1-4-14-20(3,15-5-2)16-6-10-18(11-7-16)23(22)19-12-8-17(21)9-13-19/h6-13H,4-5,14-15,21H2,1-3H3. The lowest BCUT2D eigenvalue weighted by atomic mass is 9.75. The van der Waals surface area contributed by atoms with Gasteiger partial charge in [-0.05, 0) is 60.2 Å². The Morgan fingerprint density at radius 3 is 1.74 bits per heavy atom. The highest BCUT2D eigenvalue weighted by Crippen LogP contribution is 2.34. The van der Waals surface area contributed by atoms with Crippen molar-refractivity contribution < 1.29 is 4.21 Å². The van der Waals surface area contributed by atoms with E-state index in [1.54, 1.807) is 12.1 Å². The fraction of sp³-hybridized carbons (Fsp3) is 0.400. The lowest BCUT2D eigenvalue weighted by Crippen LogP contribution is -2.21. The molecule has 2 aromatic rings. The first-order chi connectivity index (χ1) is 11.0. The Bertz CT molecular complexity index is 640. The molecule has 0 aromatic heterocycles. The number of hydrogen-bond acceptors (Lipinski definition) is 2. The molecule has 3 heteroatoms. The number of hydrogen-bond donors (Lipinski definition) is 1. The van der Waals surface area contributed by atoms with E-state index in [4.69, 9.17) is 5.73 Å². The maximum atomic E-state index is 12.6. The minimum atomic E-state index is -1.15. The van der Waals surface area contributed by atoms with Gasteiger partial charge in [0.05, 0.1) is 10.8 Å². The molecule has 1 atom stereocenters. The average Bonchev–Trinajstić information content (AvgIpc) is 2.55. The van der Waals surface area contributed by atoms with Crippen LogP contribution in [0.2, 0.25) is 0 Å². The number of anilines is 1. The van der Waals surface area contributed by atoms with Crippen molar-refractivity contribution >= 4 is 16.5 Å². The van der Waals surface area contributed by atoms with E-state index in [0.717, 1.165) is 9.79 Å². The van der Waals surface area contributed by atoms with Gasteiger partial charge in [0.15, 0.2) is 0 Å². The van der Waals surface area contributed by atoms with Crippen molar-refractivity contribution in [3.8, 4) is 0 Å². The molecule has 0 heterocycles. The Morgan fingerprint density at radius 1 is 0.870 bits per heavy atom. The molecule has 0 saturated heterocycles. The second-order valence-electron chi connectivity index (χ2n) is 6.42. The van der Waals surface area contributed by atoms with Gasteiger partial charge in [-0.2, -0.15) is 0 Å². The zero-order valence-corrected chi connectivity index (χ0v) is 15.2. The van der Waals surface area contributed by atoms with Crippen LogP contribution in [0.4, 0.5) is 5.69 Å². The maximum absolute atomic E-state index is 12.6. The van der Waals surface area contributed by atoms with Crippen LogP contribution in [-0.4, -0.2) is 4.21 Å². The molecule has 0 radical (unpaired) electrons. The van der Waals surface area contributed by atoms with E-state index < -0.39 is 10.8 Å². The van der Waals surface area contributed by atoms with E-state index in [1.807, 2.05) is 24.3 Å². The van der Waals surface area contributed by atoms with Gasteiger partial charge in [0.25, 0.3) is 0 Å². The molecule has 0 fully saturated rings. The molecule has 0 spiro atoms. The minimum Gasteiger partial charge on any atom is -0.399 e. The number of benzene rings is 2. The zero-order valence-electron chi connectivity index (χ0n) is 14.3. The first kappa shape index (κ1) is 17.7. The molecule has 0 aliphatic rings. The van der Waals surface area contributed by atoms with Gasteiger partial charge in [0.2, 0.25) is 0 Å². The summed E-state index contributed by atoms with van der Waals surface area (Å²) in [6, 6.07) is 15.6. The summed E-state index contributed by atoms with van der Waals surface area (Å²) in [5.74, 6) is 0. The second-order valence-corrected chi connectivity index (χ2v) is 7.90. The smallest absolute Gasteiger partial charge is 0.0849 e. The molecule has 2 aromatic carbocycles. The number of nitrogens with two attached hydrogens (primary N) is 1. The third-order valence-electron chi connectivity index (χ3n) is 4.46. The van der Waals surface area contributed by atoms with Gasteiger partial charge in [-0.25, -0.2) is 4.21 Å². The van der Waals surface area contributed by atoms with Gasteiger partial charge < -0.3 is 5.73 Å². The fourth-order valence-corrected chi connectivity index (χ4v) is 4.26. The third kappa shape index (κ3) is 4.23. The summed E-state index contributed by atoms with van der Waals surface area (Å²) < 4.78 is 12.6. The average molecular weight is 330 g/mol. The summed E-state index contributed by atoms with van der Waals surface area (Å²) in [6.45, 7) is 6.81. The second kappa shape index (κ2) is 7.78. The van der Waals surface area contributed by atoms with Gasteiger partial charge in [-0.3, -0.25) is 0 Å². The summed E-state index contributed by atoms with van der Waals surface area (Å²) in [5.41, 5.74) is 7.94. The predicted molar refractivity (Wildman–Crippen MR) is 99.1 cm³/mol. The normalized spacial score (nSPS) is 13.0. The van der Waals surface area contributed by atoms with Crippen LogP contribution >= 0.6 is 0 Å². The maximum Gasteiger partial charge on any atom is 0.0849 e. The van der Waals surface area contributed by atoms with E-state index in [9.17, 15) is 4.21 Å². The Kier molecular flexibility index (Phi) is 6.00. The fourth-order valence-electron chi connectivity index (χ4n) is 3.23. The van der Waals surface area contributed by atoms with Crippen molar-refractivity contribution in [1.29, 1.82) is 0 Å². The molecule has 1 unspecified atom stereocenters. The summed E-state index contributed by atoms with van der Waals surface area (Å²) >= 11 is 0. The summed E-state index contributed by atoms with van der Waals surface area (Å²) in [7, 11) is -1.15. The van der Waals surface area contributed by atoms with Gasteiger partial charge >= 0.3 is 0 Å². The Labute approximate surface area is 142 Å².